The van der Waals surface area contributed by atoms with Gasteiger partial charge in [-0.25, -0.2) is 18.7 Å². The third-order valence-corrected chi connectivity index (χ3v) is 4.40. The van der Waals surface area contributed by atoms with Gasteiger partial charge in [0.05, 0.1) is 11.4 Å². The monoisotopic (exact) mass is 336 g/mol. The van der Waals surface area contributed by atoms with E-state index in [0.717, 1.165) is 16.8 Å². The van der Waals surface area contributed by atoms with Crippen molar-refractivity contribution in [1.29, 1.82) is 0 Å². The molecule has 1 aromatic carbocycles. The van der Waals surface area contributed by atoms with Crippen LogP contribution < -0.4 is 5.43 Å². The molecule has 2 heterocycles. The number of anilines is 1. The van der Waals surface area contributed by atoms with Crippen LogP contribution in [0, 0.1) is 11.6 Å². The lowest BCUT2D eigenvalue weighted by molar-refractivity contribution is 0.585. The molecule has 0 aliphatic heterocycles. The second-order valence-electron chi connectivity index (χ2n) is 4.31. The molecule has 0 radical (unpaired) electrons. The predicted octanol–water partition coefficient (Wildman–Crippen LogP) is 4.38. The average molecular weight is 336 g/mol. The topological polar surface area (TPSA) is 50.2 Å². The SMILES string of the molecule is C/C(=N\Nc1nc(-c2ccc(F)cc2F)cs1)c1nccs1. The van der Waals surface area contributed by atoms with Crippen LogP contribution in [0.3, 0.4) is 0 Å². The first-order chi connectivity index (χ1) is 10.6. The fourth-order valence-corrected chi connectivity index (χ4v) is 2.97. The van der Waals surface area contributed by atoms with Crippen LogP contribution >= 0.6 is 22.7 Å². The maximum absolute atomic E-state index is 13.7. The number of hydrazone groups is 1. The first kappa shape index (κ1) is 14.7. The Morgan fingerprint density at radius 3 is 2.86 bits per heavy atom. The number of rotatable bonds is 4. The van der Waals surface area contributed by atoms with Gasteiger partial charge in [0.1, 0.15) is 16.6 Å². The number of benzene rings is 1. The molecule has 0 aliphatic carbocycles. The molecule has 8 heteroatoms. The second kappa shape index (κ2) is 6.29. The zero-order valence-electron chi connectivity index (χ0n) is 11.4. The summed E-state index contributed by atoms with van der Waals surface area (Å²) in [7, 11) is 0. The molecule has 0 amide bonds. The highest BCUT2D eigenvalue weighted by molar-refractivity contribution is 7.14. The van der Waals surface area contributed by atoms with Crippen molar-refractivity contribution in [3.05, 3.63) is 51.8 Å². The standard InChI is InChI=1S/C14H10F2N4S2/c1-8(13-17-4-5-21-13)19-20-14-18-12(7-22-14)10-3-2-9(15)6-11(10)16/h2-7H,1H3,(H,18,20)/b19-8+. The molecule has 0 aliphatic rings. The first-order valence-electron chi connectivity index (χ1n) is 6.24. The van der Waals surface area contributed by atoms with Crippen LogP contribution in [0.1, 0.15) is 11.9 Å². The van der Waals surface area contributed by atoms with Gasteiger partial charge in [-0.3, -0.25) is 5.43 Å². The van der Waals surface area contributed by atoms with Crippen LogP contribution in [0.25, 0.3) is 11.3 Å². The van der Waals surface area contributed by atoms with E-state index >= 15 is 0 Å². The van der Waals surface area contributed by atoms with E-state index in [1.165, 1.54) is 34.8 Å². The number of hydrogen-bond donors (Lipinski definition) is 1. The van der Waals surface area contributed by atoms with Crippen molar-refractivity contribution in [3.8, 4) is 11.3 Å². The van der Waals surface area contributed by atoms with Gasteiger partial charge in [0.25, 0.3) is 0 Å². The third-order valence-electron chi connectivity index (χ3n) is 2.77. The maximum atomic E-state index is 13.7. The van der Waals surface area contributed by atoms with E-state index in [0.29, 0.717) is 10.8 Å². The normalized spacial score (nSPS) is 11.7. The molecule has 3 rings (SSSR count). The highest BCUT2D eigenvalue weighted by Gasteiger charge is 2.10. The number of thiazole rings is 2. The van der Waals surface area contributed by atoms with Crippen LogP contribution in [0.2, 0.25) is 0 Å². The molecule has 0 spiro atoms. The van der Waals surface area contributed by atoms with Gasteiger partial charge in [-0.05, 0) is 19.1 Å². The van der Waals surface area contributed by atoms with Crippen molar-refractivity contribution in [3.63, 3.8) is 0 Å². The van der Waals surface area contributed by atoms with Gasteiger partial charge in [-0.1, -0.05) is 0 Å². The largest absolute Gasteiger partial charge is 0.252 e. The van der Waals surface area contributed by atoms with Crippen molar-refractivity contribution >= 4 is 33.5 Å². The second-order valence-corrected chi connectivity index (χ2v) is 6.06. The zero-order valence-corrected chi connectivity index (χ0v) is 13.0. The number of halogens is 2. The van der Waals surface area contributed by atoms with Crippen LogP contribution in [0.4, 0.5) is 13.9 Å². The molecule has 112 valence electrons. The number of nitrogens with one attached hydrogen (secondary N) is 1. The quantitative estimate of drug-likeness (QED) is 0.568. The molecule has 1 N–H and O–H groups in total. The minimum atomic E-state index is -0.640. The van der Waals surface area contributed by atoms with Gasteiger partial charge in [0, 0.05) is 28.6 Å². The summed E-state index contributed by atoms with van der Waals surface area (Å²) in [5.41, 5.74) is 4.25. The summed E-state index contributed by atoms with van der Waals surface area (Å²) in [6.07, 6.45) is 1.71. The summed E-state index contributed by atoms with van der Waals surface area (Å²) in [6, 6.07) is 3.41. The Bertz CT molecular complexity index is 812. The molecular formula is C14H10F2N4S2. The van der Waals surface area contributed by atoms with E-state index in [1.807, 2.05) is 12.3 Å². The summed E-state index contributed by atoms with van der Waals surface area (Å²) in [4.78, 5) is 8.39. The van der Waals surface area contributed by atoms with Crippen molar-refractivity contribution in [2.45, 2.75) is 6.92 Å². The number of hydrogen-bond acceptors (Lipinski definition) is 6. The molecule has 0 bridgehead atoms. The Morgan fingerprint density at radius 1 is 1.27 bits per heavy atom. The van der Waals surface area contributed by atoms with Crippen LogP contribution in [0.5, 0.6) is 0 Å². The lowest BCUT2D eigenvalue weighted by Gasteiger charge is -1.99. The van der Waals surface area contributed by atoms with E-state index in [1.54, 1.807) is 11.6 Å². The molecule has 0 saturated carbocycles. The molecule has 3 aromatic rings. The van der Waals surface area contributed by atoms with Gasteiger partial charge in [-0.2, -0.15) is 5.10 Å². The zero-order chi connectivity index (χ0) is 15.5. The van der Waals surface area contributed by atoms with Crippen LogP contribution in [-0.2, 0) is 0 Å². The summed E-state index contributed by atoms with van der Waals surface area (Å²) < 4.78 is 26.6. The molecule has 0 saturated heterocycles. The molecule has 22 heavy (non-hydrogen) atoms. The summed E-state index contributed by atoms with van der Waals surface area (Å²) >= 11 is 2.78. The van der Waals surface area contributed by atoms with Crippen molar-refractivity contribution in [2.75, 3.05) is 5.43 Å². The van der Waals surface area contributed by atoms with Gasteiger partial charge in [0.15, 0.2) is 0 Å². The molecule has 0 fully saturated rings. The Morgan fingerprint density at radius 2 is 2.14 bits per heavy atom. The number of aromatic nitrogens is 2. The minimum absolute atomic E-state index is 0.256. The molecule has 4 nitrogen and oxygen atoms in total. The van der Waals surface area contributed by atoms with Gasteiger partial charge >= 0.3 is 0 Å². The van der Waals surface area contributed by atoms with Crippen LogP contribution in [-0.4, -0.2) is 15.7 Å². The smallest absolute Gasteiger partial charge is 0.203 e. The highest BCUT2D eigenvalue weighted by Crippen LogP contribution is 2.27. The van der Waals surface area contributed by atoms with Gasteiger partial charge < -0.3 is 0 Å². The fraction of sp³-hybridized carbons (Fsp3) is 0.0714. The summed E-state index contributed by atoms with van der Waals surface area (Å²) in [5.74, 6) is -1.25. The van der Waals surface area contributed by atoms with E-state index in [2.05, 4.69) is 20.5 Å². The van der Waals surface area contributed by atoms with Gasteiger partial charge in [0.2, 0.25) is 5.13 Å². The fourth-order valence-electron chi connectivity index (χ4n) is 1.73. The Balaban J connectivity index is 1.78. The van der Waals surface area contributed by atoms with Crippen LogP contribution in [0.15, 0.2) is 40.3 Å². The average Bonchev–Trinajstić information content (AvgIpc) is 3.16. The Hall–Kier alpha value is -2.19. The molecule has 2 aromatic heterocycles. The Kier molecular flexibility index (Phi) is 4.21. The predicted molar refractivity (Wildman–Crippen MR) is 85.4 cm³/mol. The van der Waals surface area contributed by atoms with Gasteiger partial charge in [-0.15, -0.1) is 22.7 Å². The van der Waals surface area contributed by atoms with E-state index < -0.39 is 11.6 Å². The lowest BCUT2D eigenvalue weighted by Crippen LogP contribution is -1.98. The minimum Gasteiger partial charge on any atom is -0.252 e. The van der Waals surface area contributed by atoms with E-state index in [9.17, 15) is 8.78 Å². The molecule has 0 unspecified atom stereocenters. The lowest BCUT2D eigenvalue weighted by atomic mass is 10.1. The van der Waals surface area contributed by atoms with Crippen molar-refractivity contribution in [1.82, 2.24) is 9.97 Å². The first-order valence-corrected chi connectivity index (χ1v) is 8.00. The van der Waals surface area contributed by atoms with E-state index in [-0.39, 0.29) is 5.56 Å². The maximum Gasteiger partial charge on any atom is 0.203 e. The Labute approximate surface area is 133 Å². The third kappa shape index (κ3) is 3.18. The summed E-state index contributed by atoms with van der Waals surface area (Å²) in [5, 5.41) is 9.08. The molecule has 0 atom stereocenters. The molecular weight excluding hydrogens is 326 g/mol. The summed E-state index contributed by atoms with van der Waals surface area (Å²) in [6.45, 7) is 1.83. The van der Waals surface area contributed by atoms with E-state index in [4.69, 9.17) is 0 Å². The number of nitrogens with zero attached hydrogens (tertiary/aromatic N) is 3. The highest BCUT2D eigenvalue weighted by atomic mass is 32.1. The van der Waals surface area contributed by atoms with Crippen molar-refractivity contribution in [2.24, 2.45) is 5.10 Å². The van der Waals surface area contributed by atoms with Crippen molar-refractivity contribution < 1.29 is 8.78 Å².